The summed E-state index contributed by atoms with van der Waals surface area (Å²) < 4.78 is 41.5. The van der Waals surface area contributed by atoms with Gasteiger partial charge in [-0.15, -0.1) is 0 Å². The van der Waals surface area contributed by atoms with E-state index in [0.29, 0.717) is 123 Å². The average molecular weight is 2350 g/mol. The van der Waals surface area contributed by atoms with E-state index in [2.05, 4.69) is 136 Å². The minimum Gasteiger partial charge on any atom is -0.481 e. The van der Waals surface area contributed by atoms with Gasteiger partial charge in [-0.1, -0.05) is 279 Å². The molecule has 25 nitrogen and oxygen atoms in total. The molecule has 0 spiro atoms. The number of Topliss-reactive ketones (excluding diaryl/α,β-unsaturated/α-hetero) is 4. The highest BCUT2D eigenvalue weighted by atomic mass is 32.2. The summed E-state index contributed by atoms with van der Waals surface area (Å²) in [6.45, 7) is 47.6. The summed E-state index contributed by atoms with van der Waals surface area (Å²) in [4.78, 5) is 165. The van der Waals surface area contributed by atoms with Crippen molar-refractivity contribution in [2.75, 3.05) is 46.0 Å². The van der Waals surface area contributed by atoms with Gasteiger partial charge in [0.15, 0.2) is 89.7 Å². The minimum atomic E-state index is -2.21. The second-order valence-corrected chi connectivity index (χ2v) is 73.0. The summed E-state index contributed by atoms with van der Waals surface area (Å²) in [7, 11) is -16.7. The zero-order chi connectivity index (χ0) is 87.0. The van der Waals surface area contributed by atoms with Gasteiger partial charge in [0, 0.05) is 123 Å². The molecule has 0 aliphatic carbocycles. The van der Waals surface area contributed by atoms with Crippen LogP contribution in [0.3, 0.4) is 0 Å². The number of ketones is 8. The second-order valence-electron chi connectivity index (χ2n) is 32.9. The van der Waals surface area contributed by atoms with Gasteiger partial charge in [-0.05, 0) is 177 Å². The number of allylic oxidation sites excluding steroid dienone is 4. The van der Waals surface area contributed by atoms with Crippen LogP contribution in [0.25, 0.3) is 0 Å². The number of aliphatic hydroxyl groups is 2. The fraction of sp³-hybridized carbons (Fsp3) is 0.800. The number of carboxylic acids is 2. The summed E-state index contributed by atoms with van der Waals surface area (Å²) in [5.74, 6) is -1.53. The maximum Gasteiger partial charge on any atom is 0.314 e. The van der Waals surface area contributed by atoms with E-state index in [0.717, 1.165) is 24.2 Å². The Hall–Kier alpha value is -3.76. The van der Waals surface area contributed by atoms with Gasteiger partial charge in [0.05, 0.1) is 50.7 Å². The molecule has 0 aromatic heterocycles. The number of carbonyl (C=O) groups excluding carboxylic acids is 12. The normalized spacial score (nSPS) is 10.7. The Kier molecular flexibility index (Phi) is 224. The maximum atomic E-state index is 12.9. The van der Waals surface area contributed by atoms with Gasteiger partial charge in [0.2, 0.25) is 0 Å². The number of hydrogen-bond donors (Lipinski definition) is 4. The predicted molar refractivity (Wildman–Crippen MR) is 703 cm³/mol. The lowest BCUT2D eigenvalue weighted by atomic mass is 10.2. The van der Waals surface area contributed by atoms with Crippen LogP contribution < -0.4 is 0 Å². The number of ether oxygens (including phenoxy) is 3. The number of carboxylic acid groups (broad SMARTS) is 2. The molecular weight excluding hydrogens is 2070 g/mol. The number of esters is 4. The molecule has 4 atom stereocenters. The van der Waals surface area contributed by atoms with Crippen LogP contribution in [0.1, 0.15) is 368 Å². The lowest BCUT2D eigenvalue weighted by Gasteiger charge is -2.34. The molecule has 4 unspecified atom stereocenters. The van der Waals surface area contributed by atoms with Crippen LogP contribution in [0.2, 0.25) is 153 Å². The lowest BCUT2D eigenvalue weighted by Crippen LogP contribution is -2.44. The van der Waals surface area contributed by atoms with Crippen molar-refractivity contribution in [3.8, 4) is 0 Å². The fourth-order valence-corrected chi connectivity index (χ4v) is 49.5. The molecular formula is C110H272O25S4Si8. The Balaban J connectivity index is -0.0000000383. The Labute approximate surface area is 949 Å². The van der Waals surface area contributed by atoms with Crippen molar-refractivity contribution in [1.29, 1.82) is 0 Å². The highest BCUT2D eigenvalue weighted by Crippen LogP contribution is 2.30. The first-order valence-corrected chi connectivity index (χ1v) is 68.4. The Bertz CT molecular complexity index is 2940. The van der Waals surface area contributed by atoms with Crippen LogP contribution in [-0.2, 0) is 97.8 Å². The molecule has 1 aliphatic heterocycles. The highest BCUT2D eigenvalue weighted by molar-refractivity contribution is 8.00. The molecule has 0 aromatic carbocycles. The summed E-state index contributed by atoms with van der Waals surface area (Å²) >= 11 is 5.53. The molecule has 0 amide bonds. The van der Waals surface area contributed by atoms with Crippen molar-refractivity contribution in [3.05, 3.63) is 50.6 Å². The molecule has 0 saturated carbocycles. The zero-order valence-electron chi connectivity index (χ0n) is 70.5. The van der Waals surface area contributed by atoms with Crippen LogP contribution in [0, 0.1) is 0 Å². The summed E-state index contributed by atoms with van der Waals surface area (Å²) in [6, 6.07) is 5.58. The third-order valence-corrected chi connectivity index (χ3v) is 51.1. The first-order chi connectivity index (χ1) is 52.1. The standard InChI is InChI=1S/C40H70O14S2Si4.C32H62O8S2Si4.C4H4O3.34CH4/c1-11-31(41)19-25-57(3,4)53-59(7,8)27-21-33(43)17-23-55-29-35(51-39(49)15-13-37(45)46)36(52-40(50)16-14-38(47)48)30-56-24-18-34(44)22-28-60(9,10)54-58(5,6)26-20-32(42)12-2;1-11-27(33)15-21-43(3,4)39-45(7,8)23-17-29(35)13-19-41-25-31(37)32(38)26-42-20-14-30(36)18-24-46(9,10)40-44(5,6)22-16-28(34)12-2;5-3-1-2-4(6)7-3;;;;;;;;;;;;;;;;;;;;;;;;;;;;;;;;;;/h11-12,35-36H,1-2,13-30H2,3-10H3,(H,45,46)(H,47,48);11-12,31-32,37-38H,1-2,13-26H2,3-10H3;1-2H2;34*1H4. The van der Waals surface area contributed by atoms with E-state index >= 15 is 0 Å². The van der Waals surface area contributed by atoms with Gasteiger partial charge in [-0.3, -0.25) is 67.1 Å². The monoisotopic (exact) mass is 2350 g/mol. The molecule has 0 aromatic rings. The smallest absolute Gasteiger partial charge is 0.314 e. The molecule has 1 aliphatic rings. The van der Waals surface area contributed by atoms with Crippen LogP contribution >= 0.6 is 47.0 Å². The molecule has 0 radical (unpaired) electrons. The lowest BCUT2D eigenvalue weighted by molar-refractivity contribution is -0.165. The van der Waals surface area contributed by atoms with E-state index in [4.69, 9.17) is 36.1 Å². The first kappa shape index (κ1) is 252. The zero-order valence-corrected chi connectivity index (χ0v) is 81.7. The second kappa shape index (κ2) is 131. The third kappa shape index (κ3) is 144. The summed E-state index contributed by atoms with van der Waals surface area (Å²) in [6.07, 6.45) is 4.84. The molecule has 1 saturated heterocycles. The molecule has 1 heterocycles. The third-order valence-electron chi connectivity index (χ3n) is 17.6. The molecule has 4 N–H and O–H groups in total. The number of thioether (sulfide) groups is 4. The quantitative estimate of drug-likeness (QED) is 0.0110. The topological polar surface area (TPSA) is 385 Å². The van der Waals surface area contributed by atoms with Crippen molar-refractivity contribution in [2.45, 2.75) is 546 Å². The van der Waals surface area contributed by atoms with Gasteiger partial charge < -0.3 is 51.1 Å². The van der Waals surface area contributed by atoms with Crippen LogP contribution in [-0.4, -0.2) is 239 Å². The van der Waals surface area contributed by atoms with E-state index < -0.39 is 152 Å². The number of hydrogen-bond acceptors (Lipinski definition) is 27. The van der Waals surface area contributed by atoms with Gasteiger partial charge in [-0.2, -0.15) is 47.0 Å². The van der Waals surface area contributed by atoms with Gasteiger partial charge >= 0.3 is 35.8 Å². The predicted octanol–water partition coefficient (Wildman–Crippen LogP) is 36.3. The van der Waals surface area contributed by atoms with E-state index in [9.17, 15) is 77.3 Å². The molecule has 1 fully saturated rings. The Morgan fingerprint density at radius 3 is 0.565 bits per heavy atom. The van der Waals surface area contributed by atoms with Crippen molar-refractivity contribution in [1.82, 2.24) is 0 Å². The van der Waals surface area contributed by atoms with Gasteiger partial charge in [0.25, 0.3) is 0 Å². The molecule has 147 heavy (non-hydrogen) atoms. The number of aliphatic carboxylic acids is 2. The van der Waals surface area contributed by atoms with Crippen molar-refractivity contribution < 1.29 is 118 Å². The van der Waals surface area contributed by atoms with E-state index in [1.165, 1.54) is 71.4 Å². The minimum absolute atomic E-state index is 0. The maximum absolute atomic E-state index is 12.9. The summed E-state index contributed by atoms with van der Waals surface area (Å²) in [5, 5.41) is 38.9. The average Bonchev–Trinajstić information content (AvgIpc) is 1.77. The van der Waals surface area contributed by atoms with E-state index in [1.54, 1.807) is 0 Å². The Morgan fingerprint density at radius 2 is 0.422 bits per heavy atom. The van der Waals surface area contributed by atoms with Gasteiger partial charge in [-0.25, -0.2) is 0 Å². The highest BCUT2D eigenvalue weighted by Gasteiger charge is 2.38. The largest absolute Gasteiger partial charge is 0.481 e. The molecule has 1 rings (SSSR count). The number of rotatable bonds is 66. The number of cyclic esters (lactones) is 2. The molecule has 37 heteroatoms. The van der Waals surface area contributed by atoms with Crippen molar-refractivity contribution in [2.24, 2.45) is 0 Å². The molecule has 0 bridgehead atoms. The SMILES string of the molecule is C.C.C.C.C.C.C.C.C.C.C.C.C.C.C.C.C.C.C.C.C.C.C.C.C.C.C.C.C.C.C.C.C.C.C=CC(=O)CC[Si](C)(C)O[Si](C)(C)CCC(=O)CCSCC(O)C(O)CSCCC(=O)CC[Si](C)(C)O[Si](C)(C)CCC(=O)C=C.C=CC(=O)CC[Si](C)(C)O[Si](C)(C)CCC(=O)CCSCC(OC(=O)CCC(=O)O)C(CSCCC(=O)CC[Si](C)(C)O[Si](C)(C)CCC(=O)C=C)OC(=O)CCC(=O)O.O=C1CCC(=O)O1. The van der Waals surface area contributed by atoms with E-state index in [-0.39, 0.29) is 336 Å². The number of carbonyl (C=O) groups is 14. The van der Waals surface area contributed by atoms with E-state index in [1.807, 2.05) is 0 Å². The van der Waals surface area contributed by atoms with Gasteiger partial charge in [0.1, 0.15) is 35.3 Å². The fourth-order valence-electron chi connectivity index (χ4n) is 11.3. The van der Waals surface area contributed by atoms with Crippen molar-refractivity contribution in [3.63, 3.8) is 0 Å². The van der Waals surface area contributed by atoms with Crippen molar-refractivity contribution >= 4 is 196 Å². The van der Waals surface area contributed by atoms with Crippen LogP contribution in [0.5, 0.6) is 0 Å². The van der Waals surface area contributed by atoms with Crippen LogP contribution in [0.4, 0.5) is 0 Å². The summed E-state index contributed by atoms with van der Waals surface area (Å²) in [5.41, 5.74) is 0. The first-order valence-electron chi connectivity index (χ1n) is 38.8. The van der Waals surface area contributed by atoms with Crippen LogP contribution in [0.15, 0.2) is 50.6 Å². The number of aliphatic hydroxyl groups excluding tert-OH is 2. The molecule has 918 valence electrons. The Morgan fingerprint density at radius 1 is 0.265 bits per heavy atom.